The summed E-state index contributed by atoms with van der Waals surface area (Å²) in [7, 11) is 4.20. The van der Waals surface area contributed by atoms with E-state index in [4.69, 9.17) is 23.2 Å². The minimum absolute atomic E-state index is 0.133. The van der Waals surface area contributed by atoms with Crippen molar-refractivity contribution in [3.63, 3.8) is 0 Å². The molecule has 0 aliphatic rings. The summed E-state index contributed by atoms with van der Waals surface area (Å²) in [6, 6.07) is 3.80. The zero-order chi connectivity index (χ0) is 17.4. The molecule has 2 aromatic rings. The minimum atomic E-state index is -0.715. The standard InChI is InChI=1S/C6H2Br2F2.C6H2Cl2F2.ClH.Cu/c2*7-3-1-5(9)4(8)2-6(3)10;;/h2*1-2H;1H;/q;;;+1/p-1. The molecule has 10 heteroatoms. The average molecular weight is 554 g/mol. The first-order chi connectivity index (χ1) is 10.2. The van der Waals surface area contributed by atoms with E-state index in [0.29, 0.717) is 0 Å². The van der Waals surface area contributed by atoms with E-state index in [0.717, 1.165) is 24.3 Å². The Morgan fingerprint density at radius 3 is 1.18 bits per heavy atom. The third-order valence-corrected chi connectivity index (χ3v) is 3.72. The van der Waals surface area contributed by atoms with Crippen LogP contribution in [0, 0.1) is 23.3 Å². The normalized spacial score (nSPS) is 9.41. The molecule has 0 atom stereocenters. The Labute approximate surface area is 163 Å². The molecule has 0 aliphatic heterocycles. The molecule has 0 radical (unpaired) electrons. The van der Waals surface area contributed by atoms with Gasteiger partial charge in [0.25, 0.3) is 0 Å². The summed E-state index contributed by atoms with van der Waals surface area (Å²) in [5, 5.41) is -0.524. The van der Waals surface area contributed by atoms with E-state index in [1.807, 2.05) is 0 Å². The van der Waals surface area contributed by atoms with Gasteiger partial charge in [0.15, 0.2) is 0 Å². The average Bonchev–Trinajstić information content (AvgIpc) is 2.46. The topological polar surface area (TPSA) is 0 Å². The molecule has 126 valence electrons. The second-order valence-electron chi connectivity index (χ2n) is 3.36. The van der Waals surface area contributed by atoms with Gasteiger partial charge in [-0.1, -0.05) is 23.2 Å². The van der Waals surface area contributed by atoms with Crippen molar-refractivity contribution in [1.29, 1.82) is 0 Å². The third-order valence-electron chi connectivity index (χ3n) is 1.93. The van der Waals surface area contributed by atoms with Gasteiger partial charge < -0.3 is 0 Å². The molecule has 0 aromatic heterocycles. The first-order valence-corrected chi connectivity index (χ1v) is 8.57. The zero-order valence-corrected chi connectivity index (χ0v) is 16.4. The zero-order valence-electron chi connectivity index (χ0n) is 10.0. The Kier molecular flexibility index (Phi) is 11.4. The number of hydrogen-bond acceptors (Lipinski definition) is 0. The molecule has 0 aliphatic carbocycles. The number of benzene rings is 2. The molecule has 2 rings (SSSR count). The quantitative estimate of drug-likeness (QED) is 0.181. The van der Waals surface area contributed by atoms with Crippen LogP contribution >= 0.6 is 65.2 Å². The Bertz CT molecular complexity index is 488. The van der Waals surface area contributed by atoms with Crippen LogP contribution < -0.4 is 0 Å². The summed E-state index contributed by atoms with van der Waals surface area (Å²) in [6.07, 6.45) is 0. The third kappa shape index (κ3) is 7.39. The van der Waals surface area contributed by atoms with Gasteiger partial charge in [-0.05, 0) is 56.1 Å². The van der Waals surface area contributed by atoms with E-state index in [1.165, 1.54) is 0 Å². The molecule has 0 bridgehead atoms. The van der Waals surface area contributed by atoms with Gasteiger partial charge in [-0.25, -0.2) is 17.6 Å². The number of rotatable bonds is 0. The molecule has 0 spiro atoms. The van der Waals surface area contributed by atoms with E-state index in [2.05, 4.69) is 57.1 Å². The molecule has 2 aromatic carbocycles. The van der Waals surface area contributed by atoms with Gasteiger partial charge in [0.1, 0.15) is 23.3 Å². The molecule has 0 heterocycles. The molecular formula is C12H4Br2Cl3CuF4. The van der Waals surface area contributed by atoms with Gasteiger partial charge in [-0.2, -0.15) is 0 Å². The maximum atomic E-state index is 12.5. The van der Waals surface area contributed by atoms with Crippen LogP contribution in [-0.2, 0) is 15.1 Å². The summed E-state index contributed by atoms with van der Waals surface area (Å²) < 4.78 is 50.1. The summed E-state index contributed by atoms with van der Waals surface area (Å²) in [5.41, 5.74) is 0. The van der Waals surface area contributed by atoms with E-state index < -0.39 is 23.3 Å². The Hall–Kier alpha value is 0.509. The van der Waals surface area contributed by atoms with Gasteiger partial charge >= 0.3 is 25.2 Å². The van der Waals surface area contributed by atoms with Crippen LogP contribution in [-0.4, -0.2) is 0 Å². The van der Waals surface area contributed by atoms with Crippen molar-refractivity contribution in [3.8, 4) is 0 Å². The van der Waals surface area contributed by atoms with E-state index in [9.17, 15) is 17.6 Å². The molecule has 0 N–H and O–H groups in total. The van der Waals surface area contributed by atoms with Crippen molar-refractivity contribution in [3.05, 3.63) is 66.5 Å². The van der Waals surface area contributed by atoms with Crippen molar-refractivity contribution in [2.24, 2.45) is 0 Å². The second-order valence-corrected chi connectivity index (χ2v) is 5.88. The summed E-state index contributed by atoms with van der Waals surface area (Å²) in [4.78, 5) is 0. The molecular weight excluding hydrogens is 550 g/mol. The molecule has 0 amide bonds. The molecule has 0 nitrogen and oxygen atoms in total. The number of halogens is 9. The molecule has 0 saturated carbocycles. The van der Waals surface area contributed by atoms with Crippen LogP contribution in [0.2, 0.25) is 10.0 Å². The molecule has 22 heavy (non-hydrogen) atoms. The SMILES string of the molecule is Fc1cc(Br)c(F)cc1Br.Fc1cc(Cl)c(F)cc1Cl.[Cl][Cu]. The van der Waals surface area contributed by atoms with Crippen molar-refractivity contribution in [2.45, 2.75) is 0 Å². The van der Waals surface area contributed by atoms with E-state index in [-0.39, 0.29) is 19.0 Å². The van der Waals surface area contributed by atoms with Gasteiger partial charge in [0.05, 0.1) is 19.0 Å². The molecule has 0 saturated heterocycles. The monoisotopic (exact) mass is 550 g/mol. The Morgan fingerprint density at radius 1 is 0.636 bits per heavy atom. The van der Waals surface area contributed by atoms with Crippen LogP contribution in [0.4, 0.5) is 17.6 Å². The first kappa shape index (κ1) is 22.5. The fourth-order valence-electron chi connectivity index (χ4n) is 0.997. The maximum absolute atomic E-state index is 12.5. The van der Waals surface area contributed by atoms with Crippen LogP contribution in [0.25, 0.3) is 0 Å². The Morgan fingerprint density at radius 2 is 0.909 bits per heavy atom. The predicted octanol–water partition coefficient (Wildman–Crippen LogP) is 7.45. The van der Waals surface area contributed by atoms with Gasteiger partial charge in [-0.15, -0.1) is 0 Å². The Balaban J connectivity index is 0.000000360. The van der Waals surface area contributed by atoms with Crippen molar-refractivity contribution >= 4 is 65.2 Å². The van der Waals surface area contributed by atoms with Gasteiger partial charge in [0, 0.05) is 0 Å². The fourth-order valence-corrected chi connectivity index (χ4v) is 1.93. The fraction of sp³-hybridized carbons (Fsp3) is 0. The molecule has 0 unspecified atom stereocenters. The van der Waals surface area contributed by atoms with Crippen LogP contribution in [0.1, 0.15) is 0 Å². The number of hydrogen-bond donors (Lipinski definition) is 0. The van der Waals surface area contributed by atoms with Crippen molar-refractivity contribution in [1.82, 2.24) is 0 Å². The van der Waals surface area contributed by atoms with Crippen LogP contribution in [0.3, 0.4) is 0 Å². The van der Waals surface area contributed by atoms with Crippen LogP contribution in [0.15, 0.2) is 33.2 Å². The van der Waals surface area contributed by atoms with Crippen molar-refractivity contribution < 1.29 is 32.7 Å². The summed E-state index contributed by atoms with van der Waals surface area (Å²) in [6.45, 7) is 0. The van der Waals surface area contributed by atoms with E-state index >= 15 is 0 Å². The second kappa shape index (κ2) is 11.1. The molecule has 0 fully saturated rings. The summed E-state index contributed by atoms with van der Waals surface area (Å²) >= 11 is 19.8. The van der Waals surface area contributed by atoms with Crippen molar-refractivity contribution in [2.75, 3.05) is 0 Å². The summed E-state index contributed by atoms with van der Waals surface area (Å²) in [5.74, 6) is -2.39. The predicted molar refractivity (Wildman–Crippen MR) is 84.0 cm³/mol. The van der Waals surface area contributed by atoms with Crippen LogP contribution in [0.5, 0.6) is 0 Å². The van der Waals surface area contributed by atoms with Gasteiger partial charge in [-0.3, -0.25) is 0 Å². The first-order valence-electron chi connectivity index (χ1n) is 4.94. The van der Waals surface area contributed by atoms with E-state index in [1.54, 1.807) is 0 Å². The van der Waals surface area contributed by atoms with Gasteiger partial charge in [0.2, 0.25) is 0 Å².